The predicted molar refractivity (Wildman–Crippen MR) is 61.0 cm³/mol. The number of nitrogens with zero attached hydrogens (tertiary/aromatic N) is 4. The molecule has 5 nitrogen and oxygen atoms in total. The molecule has 0 aromatic carbocycles. The number of nitriles is 1. The lowest BCUT2D eigenvalue weighted by atomic mass is 10.3. The number of anilines is 2. The fourth-order valence-corrected chi connectivity index (χ4v) is 2.29. The second kappa shape index (κ2) is 4.04. The van der Waals surface area contributed by atoms with Gasteiger partial charge in [0.1, 0.15) is 6.07 Å². The van der Waals surface area contributed by atoms with Gasteiger partial charge in [-0.05, 0) is 7.05 Å². The normalized spacial score (nSPS) is 17.7. The minimum Gasteiger partial charge on any atom is -0.375 e. The summed E-state index contributed by atoms with van der Waals surface area (Å²) in [6, 6.07) is 2.15. The molecule has 15 heavy (non-hydrogen) atoms. The van der Waals surface area contributed by atoms with Gasteiger partial charge in [0, 0.05) is 26.2 Å². The van der Waals surface area contributed by atoms with E-state index in [1.807, 2.05) is 0 Å². The molecule has 0 unspecified atom stereocenters. The fourth-order valence-electron chi connectivity index (χ4n) is 1.63. The standard InChI is InChI=1S/C9H13N5S/c1-13-2-4-14(5-3-13)8-7(6-10)15-9(11)12-8/h2-5H2,1H3,(H2,11,12). The first-order valence-electron chi connectivity index (χ1n) is 4.80. The number of aromatic nitrogens is 1. The first-order chi connectivity index (χ1) is 7.20. The Morgan fingerprint density at radius 1 is 1.40 bits per heavy atom. The summed E-state index contributed by atoms with van der Waals surface area (Å²) in [5.74, 6) is 0.758. The summed E-state index contributed by atoms with van der Waals surface area (Å²) in [5, 5.41) is 9.41. The van der Waals surface area contributed by atoms with E-state index in [1.54, 1.807) is 0 Å². The maximum atomic E-state index is 8.94. The number of rotatable bonds is 1. The molecule has 0 atom stereocenters. The zero-order valence-corrected chi connectivity index (χ0v) is 9.42. The number of hydrogen-bond acceptors (Lipinski definition) is 6. The Kier molecular flexibility index (Phi) is 2.75. The second-order valence-electron chi connectivity index (χ2n) is 3.61. The van der Waals surface area contributed by atoms with E-state index in [0.29, 0.717) is 10.0 Å². The number of nitrogen functional groups attached to an aromatic ring is 1. The average molecular weight is 223 g/mol. The largest absolute Gasteiger partial charge is 0.375 e. The molecule has 1 saturated heterocycles. The molecule has 0 bridgehead atoms. The predicted octanol–water partition coefficient (Wildman–Crippen LogP) is 0.349. The molecule has 80 valence electrons. The van der Waals surface area contributed by atoms with Crippen molar-refractivity contribution in [2.24, 2.45) is 0 Å². The van der Waals surface area contributed by atoms with Gasteiger partial charge in [-0.1, -0.05) is 11.3 Å². The molecule has 2 N–H and O–H groups in total. The zero-order chi connectivity index (χ0) is 10.8. The minimum atomic E-state index is 0.473. The van der Waals surface area contributed by atoms with Gasteiger partial charge in [0.15, 0.2) is 15.8 Å². The number of piperazine rings is 1. The lowest BCUT2D eigenvalue weighted by Gasteiger charge is -2.32. The maximum Gasteiger partial charge on any atom is 0.183 e. The minimum absolute atomic E-state index is 0.473. The molecule has 0 saturated carbocycles. The van der Waals surface area contributed by atoms with E-state index in [9.17, 15) is 0 Å². The molecule has 0 aliphatic carbocycles. The SMILES string of the molecule is CN1CCN(c2nc(N)sc2C#N)CC1. The van der Waals surface area contributed by atoms with Crippen LogP contribution in [0.2, 0.25) is 0 Å². The molecular formula is C9H13N5S. The van der Waals surface area contributed by atoms with Crippen LogP contribution in [0.25, 0.3) is 0 Å². The third kappa shape index (κ3) is 2.03. The topological polar surface area (TPSA) is 69.2 Å². The third-order valence-corrected chi connectivity index (χ3v) is 3.31. The van der Waals surface area contributed by atoms with Crippen molar-refractivity contribution in [2.45, 2.75) is 0 Å². The van der Waals surface area contributed by atoms with Crippen molar-refractivity contribution in [1.29, 1.82) is 5.26 Å². The van der Waals surface area contributed by atoms with Crippen molar-refractivity contribution in [2.75, 3.05) is 43.9 Å². The Morgan fingerprint density at radius 2 is 2.07 bits per heavy atom. The molecule has 0 radical (unpaired) electrons. The summed E-state index contributed by atoms with van der Waals surface area (Å²) in [4.78, 5) is 9.23. The van der Waals surface area contributed by atoms with Gasteiger partial charge in [-0.3, -0.25) is 0 Å². The van der Waals surface area contributed by atoms with Crippen molar-refractivity contribution in [3.63, 3.8) is 0 Å². The zero-order valence-electron chi connectivity index (χ0n) is 8.60. The Morgan fingerprint density at radius 3 is 2.67 bits per heavy atom. The molecule has 2 rings (SSSR count). The van der Waals surface area contributed by atoms with Crippen molar-refractivity contribution in [1.82, 2.24) is 9.88 Å². The highest BCUT2D eigenvalue weighted by Crippen LogP contribution is 2.27. The average Bonchev–Trinajstić information content (AvgIpc) is 2.61. The molecule has 1 fully saturated rings. The van der Waals surface area contributed by atoms with Crippen LogP contribution in [0.1, 0.15) is 4.88 Å². The summed E-state index contributed by atoms with van der Waals surface area (Å²) in [6.07, 6.45) is 0. The van der Waals surface area contributed by atoms with E-state index >= 15 is 0 Å². The molecular weight excluding hydrogens is 210 g/mol. The number of hydrogen-bond donors (Lipinski definition) is 1. The van der Waals surface area contributed by atoms with Gasteiger partial charge in [-0.2, -0.15) is 5.26 Å². The van der Waals surface area contributed by atoms with E-state index in [1.165, 1.54) is 11.3 Å². The van der Waals surface area contributed by atoms with Crippen LogP contribution in [-0.2, 0) is 0 Å². The summed E-state index contributed by atoms with van der Waals surface area (Å²) < 4.78 is 0. The maximum absolute atomic E-state index is 8.94. The quantitative estimate of drug-likeness (QED) is 0.744. The first-order valence-corrected chi connectivity index (χ1v) is 5.62. The van der Waals surface area contributed by atoms with Crippen molar-refractivity contribution < 1.29 is 0 Å². The lowest BCUT2D eigenvalue weighted by Crippen LogP contribution is -2.44. The van der Waals surface area contributed by atoms with E-state index in [-0.39, 0.29) is 0 Å². The van der Waals surface area contributed by atoms with Crippen LogP contribution in [-0.4, -0.2) is 43.1 Å². The van der Waals surface area contributed by atoms with Gasteiger partial charge >= 0.3 is 0 Å². The lowest BCUT2D eigenvalue weighted by molar-refractivity contribution is 0.312. The molecule has 1 aliphatic rings. The van der Waals surface area contributed by atoms with Crippen LogP contribution in [0.4, 0.5) is 10.9 Å². The molecule has 1 aromatic rings. The van der Waals surface area contributed by atoms with Crippen LogP contribution in [0.15, 0.2) is 0 Å². The highest BCUT2D eigenvalue weighted by atomic mass is 32.1. The monoisotopic (exact) mass is 223 g/mol. The van der Waals surface area contributed by atoms with Gasteiger partial charge in [0.05, 0.1) is 0 Å². The van der Waals surface area contributed by atoms with Gasteiger partial charge in [-0.25, -0.2) is 4.98 Å². The molecule has 1 aromatic heterocycles. The van der Waals surface area contributed by atoms with Gasteiger partial charge in [-0.15, -0.1) is 0 Å². The summed E-state index contributed by atoms with van der Waals surface area (Å²) in [7, 11) is 2.10. The number of likely N-dealkylation sites (N-methyl/N-ethyl adjacent to an activating group) is 1. The van der Waals surface area contributed by atoms with Crippen LogP contribution >= 0.6 is 11.3 Å². The van der Waals surface area contributed by atoms with Crippen molar-refractivity contribution in [3.8, 4) is 6.07 Å². The Balaban J connectivity index is 2.19. The van der Waals surface area contributed by atoms with Crippen molar-refractivity contribution in [3.05, 3.63) is 4.88 Å². The highest BCUT2D eigenvalue weighted by molar-refractivity contribution is 7.16. The summed E-state index contributed by atoms with van der Waals surface area (Å²) in [5.41, 5.74) is 5.61. The molecule has 6 heteroatoms. The van der Waals surface area contributed by atoms with Crippen molar-refractivity contribution >= 4 is 22.3 Å². The summed E-state index contributed by atoms with van der Waals surface area (Å²) >= 11 is 1.26. The third-order valence-electron chi connectivity index (χ3n) is 2.53. The Bertz CT molecular complexity index is 386. The van der Waals surface area contributed by atoms with Gasteiger partial charge < -0.3 is 15.5 Å². The number of thiazole rings is 1. The van der Waals surface area contributed by atoms with Gasteiger partial charge in [0.25, 0.3) is 0 Å². The Labute approximate surface area is 92.7 Å². The van der Waals surface area contributed by atoms with Crippen LogP contribution in [0, 0.1) is 11.3 Å². The number of nitrogens with two attached hydrogens (primary N) is 1. The Hall–Kier alpha value is -1.32. The molecule has 0 spiro atoms. The molecule has 1 aliphatic heterocycles. The van der Waals surface area contributed by atoms with Crippen LogP contribution < -0.4 is 10.6 Å². The second-order valence-corrected chi connectivity index (χ2v) is 4.64. The molecule has 0 amide bonds. The van der Waals surface area contributed by atoms with E-state index < -0.39 is 0 Å². The molecule has 2 heterocycles. The van der Waals surface area contributed by atoms with E-state index in [0.717, 1.165) is 32.0 Å². The summed E-state index contributed by atoms with van der Waals surface area (Å²) in [6.45, 7) is 3.83. The highest BCUT2D eigenvalue weighted by Gasteiger charge is 2.20. The van der Waals surface area contributed by atoms with Crippen LogP contribution in [0.3, 0.4) is 0 Å². The van der Waals surface area contributed by atoms with Gasteiger partial charge in [0.2, 0.25) is 0 Å². The van der Waals surface area contributed by atoms with E-state index in [4.69, 9.17) is 11.0 Å². The van der Waals surface area contributed by atoms with E-state index in [2.05, 4.69) is 27.9 Å². The fraction of sp³-hybridized carbons (Fsp3) is 0.556. The van der Waals surface area contributed by atoms with Crippen LogP contribution in [0.5, 0.6) is 0 Å². The first kappa shape index (κ1) is 10.2. The smallest absolute Gasteiger partial charge is 0.183 e.